The summed E-state index contributed by atoms with van der Waals surface area (Å²) in [5.41, 5.74) is 3.57. The Labute approximate surface area is 161 Å². The minimum atomic E-state index is -0.309. The van der Waals surface area contributed by atoms with Gasteiger partial charge in [0.25, 0.3) is 0 Å². The molecule has 0 saturated carbocycles. The maximum absolute atomic E-state index is 11.2. The fourth-order valence-electron chi connectivity index (χ4n) is 2.79. The summed E-state index contributed by atoms with van der Waals surface area (Å²) in [5, 5.41) is 8.86. The highest BCUT2D eigenvalue weighted by molar-refractivity contribution is 5.86. The fourth-order valence-corrected chi connectivity index (χ4v) is 2.79. The van der Waals surface area contributed by atoms with E-state index in [1.165, 1.54) is 5.57 Å². The number of hydrogen-bond donors (Lipinski definition) is 0. The number of rotatable bonds is 10. The summed E-state index contributed by atoms with van der Waals surface area (Å²) >= 11 is 0. The van der Waals surface area contributed by atoms with Gasteiger partial charge in [-0.15, -0.1) is 0 Å². The van der Waals surface area contributed by atoms with Crippen LogP contribution >= 0.6 is 0 Å². The van der Waals surface area contributed by atoms with Gasteiger partial charge in [0.15, 0.2) is 0 Å². The van der Waals surface area contributed by atoms with Gasteiger partial charge in [0, 0.05) is 12.0 Å². The Kier molecular flexibility index (Phi) is 8.38. The SMILES string of the molecule is C=C(C)C(=O)OCCCCCCOC1=CC=C(c2ccc(C#N)cc2)CC1. The van der Waals surface area contributed by atoms with E-state index in [9.17, 15) is 4.79 Å². The smallest absolute Gasteiger partial charge is 0.333 e. The molecule has 2 rings (SSSR count). The van der Waals surface area contributed by atoms with Gasteiger partial charge in [-0.1, -0.05) is 24.8 Å². The molecule has 0 bridgehead atoms. The molecule has 0 atom stereocenters. The molecule has 0 N–H and O–H groups in total. The van der Waals surface area contributed by atoms with Gasteiger partial charge >= 0.3 is 5.97 Å². The Morgan fingerprint density at radius 1 is 1.07 bits per heavy atom. The molecule has 1 aliphatic rings. The van der Waals surface area contributed by atoms with Gasteiger partial charge in [-0.2, -0.15) is 5.26 Å². The normalized spacial score (nSPS) is 13.2. The van der Waals surface area contributed by atoms with E-state index in [0.717, 1.165) is 56.5 Å². The number of nitriles is 1. The van der Waals surface area contributed by atoms with Crippen molar-refractivity contribution in [1.29, 1.82) is 5.26 Å². The lowest BCUT2D eigenvalue weighted by atomic mass is 9.96. The molecule has 27 heavy (non-hydrogen) atoms. The first-order chi connectivity index (χ1) is 13.1. The van der Waals surface area contributed by atoms with E-state index < -0.39 is 0 Å². The quantitative estimate of drug-likeness (QED) is 0.320. The third-order valence-corrected chi connectivity index (χ3v) is 4.40. The summed E-state index contributed by atoms with van der Waals surface area (Å²) in [6.07, 6.45) is 9.97. The van der Waals surface area contributed by atoms with Crippen LogP contribution in [0.25, 0.3) is 5.57 Å². The second kappa shape index (κ2) is 11.0. The minimum absolute atomic E-state index is 0.309. The number of ether oxygens (including phenoxy) is 2. The Morgan fingerprint density at radius 3 is 2.37 bits per heavy atom. The van der Waals surface area contributed by atoms with Gasteiger partial charge in [0.05, 0.1) is 30.6 Å². The molecule has 0 fully saturated rings. The van der Waals surface area contributed by atoms with Gasteiger partial charge in [-0.3, -0.25) is 0 Å². The van der Waals surface area contributed by atoms with Crippen LogP contribution in [0.2, 0.25) is 0 Å². The van der Waals surface area contributed by atoms with Crippen molar-refractivity contribution in [1.82, 2.24) is 0 Å². The summed E-state index contributed by atoms with van der Waals surface area (Å²) in [6.45, 7) is 6.39. The summed E-state index contributed by atoms with van der Waals surface area (Å²) in [6, 6.07) is 9.84. The standard InChI is InChI=1S/C23H27NO3/c1-18(2)23(25)27-16-6-4-3-5-15-26-22-13-11-21(12-14-22)20-9-7-19(17-24)8-10-20/h7-11,13H,1,3-6,12,14-16H2,2H3. The number of hydrogen-bond acceptors (Lipinski definition) is 4. The average molecular weight is 365 g/mol. The molecule has 0 saturated heterocycles. The van der Waals surface area contributed by atoms with Crippen LogP contribution in [0.4, 0.5) is 0 Å². The highest BCUT2D eigenvalue weighted by Crippen LogP contribution is 2.27. The van der Waals surface area contributed by atoms with Gasteiger partial charge < -0.3 is 9.47 Å². The van der Waals surface area contributed by atoms with Crippen molar-refractivity contribution in [3.8, 4) is 6.07 Å². The zero-order valence-electron chi connectivity index (χ0n) is 16.0. The van der Waals surface area contributed by atoms with Gasteiger partial charge in [-0.25, -0.2) is 4.79 Å². The molecule has 4 heteroatoms. The van der Waals surface area contributed by atoms with Gasteiger partial charge in [-0.05, 0) is 68.4 Å². The van der Waals surface area contributed by atoms with Crippen molar-refractivity contribution in [2.24, 2.45) is 0 Å². The summed E-state index contributed by atoms with van der Waals surface area (Å²) < 4.78 is 10.9. The van der Waals surface area contributed by atoms with E-state index in [2.05, 4.69) is 18.7 Å². The van der Waals surface area contributed by atoms with Crippen LogP contribution in [0.1, 0.15) is 56.6 Å². The van der Waals surface area contributed by atoms with E-state index in [4.69, 9.17) is 14.7 Å². The molecule has 1 aromatic carbocycles. The molecule has 0 spiro atoms. The van der Waals surface area contributed by atoms with Crippen molar-refractivity contribution >= 4 is 11.5 Å². The summed E-state index contributed by atoms with van der Waals surface area (Å²) in [5.74, 6) is 0.721. The molecule has 0 aromatic heterocycles. The summed E-state index contributed by atoms with van der Waals surface area (Å²) in [7, 11) is 0. The monoisotopic (exact) mass is 365 g/mol. The third kappa shape index (κ3) is 7.15. The minimum Gasteiger partial charge on any atom is -0.498 e. The van der Waals surface area contributed by atoms with Crippen molar-refractivity contribution in [2.75, 3.05) is 13.2 Å². The molecule has 142 valence electrons. The molecule has 0 aliphatic heterocycles. The first-order valence-electron chi connectivity index (χ1n) is 9.46. The predicted molar refractivity (Wildman–Crippen MR) is 107 cm³/mol. The number of benzene rings is 1. The van der Waals surface area contributed by atoms with Crippen molar-refractivity contribution in [2.45, 2.75) is 45.4 Å². The molecular formula is C23H27NO3. The lowest BCUT2D eigenvalue weighted by Crippen LogP contribution is -2.06. The molecule has 0 unspecified atom stereocenters. The zero-order valence-corrected chi connectivity index (χ0v) is 16.0. The van der Waals surface area contributed by atoms with E-state index in [1.54, 1.807) is 6.92 Å². The maximum atomic E-state index is 11.2. The Hall–Kier alpha value is -2.80. The lowest BCUT2D eigenvalue weighted by Gasteiger charge is -2.16. The van der Waals surface area contributed by atoms with E-state index in [0.29, 0.717) is 17.7 Å². The second-order valence-corrected chi connectivity index (χ2v) is 6.69. The number of allylic oxidation sites excluding steroid dienone is 4. The van der Waals surface area contributed by atoms with Gasteiger partial charge in [0.2, 0.25) is 0 Å². The lowest BCUT2D eigenvalue weighted by molar-refractivity contribution is -0.139. The maximum Gasteiger partial charge on any atom is 0.333 e. The molecular weight excluding hydrogens is 338 g/mol. The van der Waals surface area contributed by atoms with Crippen LogP contribution < -0.4 is 0 Å². The first kappa shape index (κ1) is 20.5. The van der Waals surface area contributed by atoms with Crippen molar-refractivity contribution < 1.29 is 14.3 Å². The zero-order chi connectivity index (χ0) is 19.5. The van der Waals surface area contributed by atoms with E-state index in [-0.39, 0.29) is 5.97 Å². The number of nitrogens with zero attached hydrogens (tertiary/aromatic N) is 1. The molecule has 0 radical (unpaired) electrons. The topological polar surface area (TPSA) is 59.3 Å². The highest BCUT2D eigenvalue weighted by Gasteiger charge is 2.09. The third-order valence-electron chi connectivity index (χ3n) is 4.40. The van der Waals surface area contributed by atoms with Crippen LogP contribution in [-0.2, 0) is 14.3 Å². The Balaban J connectivity index is 1.61. The second-order valence-electron chi connectivity index (χ2n) is 6.69. The first-order valence-corrected chi connectivity index (χ1v) is 9.46. The fraction of sp³-hybridized carbons (Fsp3) is 0.391. The van der Waals surface area contributed by atoms with Crippen molar-refractivity contribution in [3.63, 3.8) is 0 Å². The Bertz CT molecular complexity index is 751. The van der Waals surface area contributed by atoms with Crippen LogP contribution in [0.15, 0.2) is 54.3 Å². The molecule has 4 nitrogen and oxygen atoms in total. The Morgan fingerprint density at radius 2 is 1.78 bits per heavy atom. The van der Waals surface area contributed by atoms with Gasteiger partial charge in [0.1, 0.15) is 0 Å². The highest BCUT2D eigenvalue weighted by atomic mass is 16.5. The average Bonchev–Trinajstić information content (AvgIpc) is 2.70. The number of carbonyl (C=O) groups is 1. The molecule has 0 amide bonds. The number of unbranched alkanes of at least 4 members (excludes halogenated alkanes) is 3. The number of esters is 1. The van der Waals surface area contributed by atoms with Crippen LogP contribution in [0, 0.1) is 11.3 Å². The molecule has 1 aliphatic carbocycles. The van der Waals surface area contributed by atoms with E-state index >= 15 is 0 Å². The van der Waals surface area contributed by atoms with Crippen molar-refractivity contribution in [3.05, 3.63) is 65.5 Å². The predicted octanol–water partition coefficient (Wildman–Crippen LogP) is 5.32. The largest absolute Gasteiger partial charge is 0.498 e. The molecule has 0 heterocycles. The summed E-state index contributed by atoms with van der Waals surface area (Å²) in [4.78, 5) is 11.2. The van der Waals surface area contributed by atoms with Crippen LogP contribution in [-0.4, -0.2) is 19.2 Å². The molecule has 1 aromatic rings. The number of carbonyl (C=O) groups excluding carboxylic acids is 1. The van der Waals surface area contributed by atoms with Crippen LogP contribution in [0.3, 0.4) is 0 Å². The van der Waals surface area contributed by atoms with Crippen LogP contribution in [0.5, 0.6) is 0 Å². The van der Waals surface area contributed by atoms with E-state index in [1.807, 2.05) is 30.3 Å².